The van der Waals surface area contributed by atoms with Gasteiger partial charge >= 0.3 is 7.12 Å². The summed E-state index contributed by atoms with van der Waals surface area (Å²) in [5.41, 5.74) is 3.00. The van der Waals surface area contributed by atoms with E-state index in [4.69, 9.17) is 21.1 Å². The monoisotopic (exact) mass is 336 g/mol. The van der Waals surface area contributed by atoms with Crippen LogP contribution in [0.4, 0.5) is 5.69 Å². The van der Waals surface area contributed by atoms with Crippen molar-refractivity contribution in [2.24, 2.45) is 0 Å². The average Bonchev–Trinajstić information content (AvgIpc) is 2.68. The van der Waals surface area contributed by atoms with Crippen molar-refractivity contribution in [3.8, 4) is 0 Å². The maximum absolute atomic E-state index is 6.14. The molecule has 0 amide bonds. The Bertz CT molecular complexity index is 570. The maximum atomic E-state index is 6.14. The number of rotatable bonds is 2. The smallest absolute Gasteiger partial charge is 0.399 e. The second kappa shape index (κ2) is 5.96. The molecule has 126 valence electrons. The molecular weight excluding hydrogens is 310 g/mol. The molecule has 4 nitrogen and oxygen atoms in total. The van der Waals surface area contributed by atoms with Gasteiger partial charge in [0.25, 0.3) is 0 Å². The van der Waals surface area contributed by atoms with Crippen LogP contribution in [0.3, 0.4) is 0 Å². The fourth-order valence-corrected chi connectivity index (χ4v) is 3.23. The molecule has 2 fully saturated rings. The number of benzene rings is 1. The van der Waals surface area contributed by atoms with Crippen LogP contribution in [0.15, 0.2) is 18.2 Å². The van der Waals surface area contributed by atoms with Crippen molar-refractivity contribution in [3.05, 3.63) is 23.8 Å². The Morgan fingerprint density at radius 3 is 2.09 bits per heavy atom. The molecule has 1 aromatic carbocycles. The van der Waals surface area contributed by atoms with Crippen molar-refractivity contribution in [2.75, 3.05) is 31.1 Å². The van der Waals surface area contributed by atoms with Crippen molar-refractivity contribution >= 4 is 30.0 Å². The van der Waals surface area contributed by atoms with Crippen LogP contribution in [-0.2, 0) is 9.31 Å². The Hall–Kier alpha value is -0.745. The molecule has 23 heavy (non-hydrogen) atoms. The van der Waals surface area contributed by atoms with E-state index in [1.807, 2.05) is 4.42 Å². The quantitative estimate of drug-likeness (QED) is 0.612. The van der Waals surface area contributed by atoms with E-state index in [9.17, 15) is 0 Å². The van der Waals surface area contributed by atoms with Gasteiger partial charge in [0.15, 0.2) is 0 Å². The number of hydrogen-bond acceptors (Lipinski definition) is 4. The van der Waals surface area contributed by atoms with Gasteiger partial charge in [-0.3, -0.25) is 0 Å². The van der Waals surface area contributed by atoms with E-state index in [2.05, 4.69) is 57.7 Å². The minimum atomic E-state index is -0.305. The van der Waals surface area contributed by atoms with Gasteiger partial charge in [-0.2, -0.15) is 0 Å². The van der Waals surface area contributed by atoms with Crippen LogP contribution in [0.2, 0.25) is 0 Å². The molecule has 1 aromatic rings. The van der Waals surface area contributed by atoms with Crippen LogP contribution in [0.25, 0.3) is 0 Å². The zero-order valence-corrected chi connectivity index (χ0v) is 15.5. The van der Waals surface area contributed by atoms with E-state index in [-0.39, 0.29) is 18.3 Å². The molecule has 2 aliphatic heterocycles. The number of aryl methyl sites for hydroxylation is 1. The lowest BCUT2D eigenvalue weighted by Crippen LogP contribution is -2.43. The summed E-state index contributed by atoms with van der Waals surface area (Å²) < 4.78 is 14.1. The predicted molar refractivity (Wildman–Crippen MR) is 96.5 cm³/mol. The lowest BCUT2D eigenvalue weighted by molar-refractivity contribution is 0.00578. The Kier molecular flexibility index (Phi) is 4.43. The van der Waals surface area contributed by atoms with Crippen molar-refractivity contribution in [1.82, 2.24) is 4.42 Å². The molecule has 0 unspecified atom stereocenters. The summed E-state index contributed by atoms with van der Waals surface area (Å²) in [5, 5.41) is 0. The van der Waals surface area contributed by atoms with Gasteiger partial charge in [0.05, 0.1) is 11.2 Å². The van der Waals surface area contributed by atoms with Gasteiger partial charge in [-0.25, -0.2) is 4.42 Å². The number of halogens is 1. The van der Waals surface area contributed by atoms with Gasteiger partial charge in [0.2, 0.25) is 0 Å². The molecule has 2 saturated heterocycles. The highest BCUT2D eigenvalue weighted by atomic mass is 35.5. The van der Waals surface area contributed by atoms with E-state index in [1.54, 1.807) is 0 Å². The molecule has 0 aromatic heterocycles. The van der Waals surface area contributed by atoms with Crippen LogP contribution in [0, 0.1) is 6.92 Å². The van der Waals surface area contributed by atoms with Gasteiger partial charge in [0.1, 0.15) is 0 Å². The van der Waals surface area contributed by atoms with E-state index in [0.29, 0.717) is 0 Å². The zero-order chi connectivity index (χ0) is 16.8. The molecule has 0 aliphatic carbocycles. The van der Waals surface area contributed by atoms with Crippen LogP contribution in [0.1, 0.15) is 33.3 Å². The van der Waals surface area contributed by atoms with Crippen molar-refractivity contribution in [1.29, 1.82) is 0 Å². The van der Waals surface area contributed by atoms with Gasteiger partial charge < -0.3 is 14.2 Å². The van der Waals surface area contributed by atoms with Crippen LogP contribution >= 0.6 is 11.8 Å². The van der Waals surface area contributed by atoms with E-state index in [0.717, 1.165) is 31.6 Å². The van der Waals surface area contributed by atoms with E-state index >= 15 is 0 Å². The Labute approximate surface area is 144 Å². The Morgan fingerprint density at radius 2 is 1.57 bits per heavy atom. The average molecular weight is 337 g/mol. The number of piperazine rings is 1. The maximum Gasteiger partial charge on any atom is 0.494 e. The fourth-order valence-electron chi connectivity index (χ4n) is 3.08. The Balaban J connectivity index is 1.78. The van der Waals surface area contributed by atoms with Crippen molar-refractivity contribution in [2.45, 2.75) is 45.8 Å². The summed E-state index contributed by atoms with van der Waals surface area (Å²) >= 11 is 6.05. The molecule has 0 radical (unpaired) electrons. The summed E-state index contributed by atoms with van der Waals surface area (Å²) in [6.07, 6.45) is 0. The number of nitrogens with zero attached hydrogens (tertiary/aromatic N) is 2. The first-order valence-corrected chi connectivity index (χ1v) is 8.65. The lowest BCUT2D eigenvalue weighted by atomic mass is 9.78. The second-order valence-corrected chi connectivity index (χ2v) is 8.01. The highest BCUT2D eigenvalue weighted by Crippen LogP contribution is 2.36. The van der Waals surface area contributed by atoms with Crippen molar-refractivity contribution < 1.29 is 9.31 Å². The molecule has 6 heteroatoms. The minimum absolute atomic E-state index is 0.299. The molecule has 0 atom stereocenters. The molecule has 0 N–H and O–H groups in total. The standard InChI is InChI=1S/C17H26BClN2O2/c1-13-12-14(18-22-16(2,3)17(4,5)23-18)6-7-15(13)20-8-10-21(19)11-9-20/h6-7,12H,8-11H2,1-5H3. The molecule has 0 spiro atoms. The second-order valence-electron chi connectivity index (χ2n) is 7.53. The summed E-state index contributed by atoms with van der Waals surface area (Å²) in [6, 6.07) is 6.49. The lowest BCUT2D eigenvalue weighted by Gasteiger charge is -2.33. The van der Waals surface area contributed by atoms with Gasteiger partial charge in [0, 0.05) is 31.9 Å². The number of anilines is 1. The van der Waals surface area contributed by atoms with Crippen molar-refractivity contribution in [3.63, 3.8) is 0 Å². The Morgan fingerprint density at radius 1 is 1.00 bits per heavy atom. The predicted octanol–water partition coefficient (Wildman–Crippen LogP) is 2.57. The zero-order valence-electron chi connectivity index (χ0n) is 14.7. The van der Waals surface area contributed by atoms with E-state index < -0.39 is 0 Å². The van der Waals surface area contributed by atoms with Gasteiger partial charge in [-0.05, 0) is 63.5 Å². The first-order chi connectivity index (χ1) is 10.7. The molecule has 2 aliphatic rings. The molecular formula is C17H26BClN2O2. The first-order valence-electron chi connectivity index (χ1n) is 8.31. The molecule has 2 heterocycles. The fraction of sp³-hybridized carbons (Fsp3) is 0.647. The van der Waals surface area contributed by atoms with Crippen LogP contribution in [-0.4, -0.2) is 48.9 Å². The topological polar surface area (TPSA) is 24.9 Å². The number of hydrogen-bond donors (Lipinski definition) is 0. The highest BCUT2D eigenvalue weighted by Gasteiger charge is 2.51. The summed E-state index contributed by atoms with van der Waals surface area (Å²) in [7, 11) is -0.299. The molecule has 3 rings (SSSR count). The molecule has 0 saturated carbocycles. The largest absolute Gasteiger partial charge is 0.494 e. The third-order valence-corrected chi connectivity index (χ3v) is 5.65. The normalized spacial score (nSPS) is 24.3. The summed E-state index contributed by atoms with van der Waals surface area (Å²) in [4.78, 5) is 2.39. The van der Waals surface area contributed by atoms with Crippen LogP contribution in [0.5, 0.6) is 0 Å². The first kappa shape index (κ1) is 17.1. The van der Waals surface area contributed by atoms with E-state index in [1.165, 1.54) is 11.3 Å². The highest BCUT2D eigenvalue weighted by molar-refractivity contribution is 6.62. The summed E-state index contributed by atoms with van der Waals surface area (Å²) in [5.74, 6) is 0. The third kappa shape index (κ3) is 3.25. The third-order valence-electron chi connectivity index (χ3n) is 5.31. The SMILES string of the molecule is Cc1cc(B2OC(C)(C)C(C)(C)O2)ccc1N1CCN(Cl)CC1. The summed E-state index contributed by atoms with van der Waals surface area (Å²) in [6.45, 7) is 14.2. The van der Waals surface area contributed by atoms with Crippen LogP contribution < -0.4 is 10.4 Å². The molecule has 0 bridgehead atoms. The minimum Gasteiger partial charge on any atom is -0.399 e. The van der Waals surface area contributed by atoms with Gasteiger partial charge in [-0.1, -0.05) is 12.1 Å². The van der Waals surface area contributed by atoms with Gasteiger partial charge in [-0.15, -0.1) is 0 Å².